The van der Waals surface area contributed by atoms with Crippen LogP contribution in [0.2, 0.25) is 0 Å². The highest BCUT2D eigenvalue weighted by molar-refractivity contribution is 6.04. The maximum absolute atomic E-state index is 13.2. The molecule has 0 radical (unpaired) electrons. The topological polar surface area (TPSA) is 98.0 Å². The maximum Gasteiger partial charge on any atom is 0.170 e. The first kappa shape index (κ1) is 17.7. The Balaban J connectivity index is 1.94. The second-order valence-corrected chi connectivity index (χ2v) is 9.59. The van der Waals surface area contributed by atoms with Crippen molar-refractivity contribution in [2.45, 2.75) is 64.3 Å². The average Bonchev–Trinajstić information content (AvgIpc) is 2.68. The van der Waals surface area contributed by atoms with Crippen molar-refractivity contribution in [2.75, 3.05) is 6.61 Å². The standard InChI is InChI=1S/C20H30O5/c1-10-11-4-5-12-19(9-21)13(18(2,3)7-6-14(19)22)8-15(23)20(12,16(10)24)17(11)25/h11-15,17,21-23,25H,1,4-9H2,2-3H3/t11?,12?,13-,14+,15-,17+,19+,20?/m1/s1. The summed E-state index contributed by atoms with van der Waals surface area (Å²) in [5.41, 5.74) is -1.91. The maximum atomic E-state index is 13.2. The van der Waals surface area contributed by atoms with Gasteiger partial charge in [0.2, 0.25) is 0 Å². The van der Waals surface area contributed by atoms with Crippen molar-refractivity contribution in [1.29, 1.82) is 0 Å². The second-order valence-electron chi connectivity index (χ2n) is 9.59. The molecule has 4 saturated carbocycles. The predicted octanol–water partition coefficient (Wildman–Crippen LogP) is 1.04. The molecule has 4 aliphatic rings. The largest absolute Gasteiger partial charge is 0.396 e. The van der Waals surface area contributed by atoms with Crippen LogP contribution in [0.1, 0.15) is 46.0 Å². The lowest BCUT2D eigenvalue weighted by Gasteiger charge is -2.66. The Morgan fingerprint density at radius 1 is 1.08 bits per heavy atom. The van der Waals surface area contributed by atoms with Gasteiger partial charge in [-0.1, -0.05) is 20.4 Å². The quantitative estimate of drug-likeness (QED) is 0.530. The molecule has 8 atom stereocenters. The predicted molar refractivity (Wildman–Crippen MR) is 91.5 cm³/mol. The molecule has 4 rings (SSSR count). The monoisotopic (exact) mass is 350 g/mol. The second kappa shape index (κ2) is 5.16. The van der Waals surface area contributed by atoms with Crippen molar-refractivity contribution >= 4 is 5.78 Å². The fraction of sp³-hybridized carbons (Fsp3) is 0.850. The molecule has 0 aromatic heterocycles. The number of carbonyl (C=O) groups excluding carboxylic acids is 1. The minimum atomic E-state index is -1.31. The minimum Gasteiger partial charge on any atom is -0.396 e. The van der Waals surface area contributed by atoms with Crippen LogP contribution in [0.5, 0.6) is 0 Å². The summed E-state index contributed by atoms with van der Waals surface area (Å²) in [7, 11) is 0. The van der Waals surface area contributed by atoms with E-state index in [1.807, 2.05) is 0 Å². The third kappa shape index (κ3) is 1.76. The molecule has 5 heteroatoms. The van der Waals surface area contributed by atoms with E-state index in [-0.39, 0.29) is 29.6 Å². The van der Waals surface area contributed by atoms with Crippen molar-refractivity contribution in [3.05, 3.63) is 12.2 Å². The van der Waals surface area contributed by atoms with Crippen LogP contribution in [0.4, 0.5) is 0 Å². The van der Waals surface area contributed by atoms with Crippen LogP contribution in [0, 0.1) is 34.0 Å². The molecule has 0 aromatic carbocycles. The van der Waals surface area contributed by atoms with E-state index in [0.717, 1.165) is 6.42 Å². The molecule has 4 N–H and O–H groups in total. The molecule has 2 bridgehead atoms. The van der Waals surface area contributed by atoms with Gasteiger partial charge in [0.15, 0.2) is 5.78 Å². The van der Waals surface area contributed by atoms with Crippen molar-refractivity contribution in [1.82, 2.24) is 0 Å². The summed E-state index contributed by atoms with van der Waals surface area (Å²) in [5, 5.41) is 43.7. The molecular weight excluding hydrogens is 320 g/mol. The summed E-state index contributed by atoms with van der Waals surface area (Å²) in [6.45, 7) is 7.92. The lowest BCUT2D eigenvalue weighted by atomic mass is 9.38. The summed E-state index contributed by atoms with van der Waals surface area (Å²) in [5.74, 6) is -1.07. The van der Waals surface area contributed by atoms with Crippen LogP contribution >= 0.6 is 0 Å². The summed E-state index contributed by atoms with van der Waals surface area (Å²) in [4.78, 5) is 13.2. The highest BCUT2D eigenvalue weighted by Gasteiger charge is 2.76. The molecule has 3 unspecified atom stereocenters. The van der Waals surface area contributed by atoms with Gasteiger partial charge in [0.25, 0.3) is 0 Å². The number of hydrogen-bond donors (Lipinski definition) is 4. The first-order chi connectivity index (χ1) is 11.7. The highest BCUT2D eigenvalue weighted by atomic mass is 16.3. The van der Waals surface area contributed by atoms with Gasteiger partial charge in [-0.05, 0) is 54.9 Å². The van der Waals surface area contributed by atoms with Crippen LogP contribution in [0.15, 0.2) is 12.2 Å². The van der Waals surface area contributed by atoms with Crippen LogP contribution in [0.3, 0.4) is 0 Å². The summed E-state index contributed by atoms with van der Waals surface area (Å²) >= 11 is 0. The van der Waals surface area contributed by atoms with E-state index < -0.39 is 35.1 Å². The van der Waals surface area contributed by atoms with Crippen LogP contribution in [-0.4, -0.2) is 51.1 Å². The van der Waals surface area contributed by atoms with Gasteiger partial charge in [-0.2, -0.15) is 0 Å². The van der Waals surface area contributed by atoms with E-state index >= 15 is 0 Å². The summed E-state index contributed by atoms with van der Waals surface area (Å²) in [6.07, 6.45) is 0.291. The molecule has 140 valence electrons. The molecule has 25 heavy (non-hydrogen) atoms. The molecule has 0 saturated heterocycles. The van der Waals surface area contributed by atoms with Gasteiger partial charge in [-0.15, -0.1) is 0 Å². The van der Waals surface area contributed by atoms with Gasteiger partial charge in [-0.3, -0.25) is 4.79 Å². The molecule has 0 aliphatic heterocycles. The van der Waals surface area contributed by atoms with Crippen molar-refractivity contribution in [3.8, 4) is 0 Å². The van der Waals surface area contributed by atoms with E-state index in [9.17, 15) is 25.2 Å². The molecular formula is C20H30O5. The van der Waals surface area contributed by atoms with E-state index in [2.05, 4.69) is 20.4 Å². The number of aliphatic hydroxyl groups excluding tert-OH is 4. The van der Waals surface area contributed by atoms with E-state index in [1.54, 1.807) is 0 Å². The number of rotatable bonds is 1. The zero-order valence-corrected chi connectivity index (χ0v) is 15.1. The average molecular weight is 350 g/mol. The zero-order valence-electron chi connectivity index (χ0n) is 15.1. The van der Waals surface area contributed by atoms with Gasteiger partial charge in [0.05, 0.1) is 30.3 Å². The summed E-state index contributed by atoms with van der Waals surface area (Å²) < 4.78 is 0. The van der Waals surface area contributed by atoms with Gasteiger partial charge in [0.1, 0.15) is 0 Å². The van der Waals surface area contributed by atoms with Crippen molar-refractivity contribution in [3.63, 3.8) is 0 Å². The Kier molecular flexibility index (Phi) is 3.64. The van der Waals surface area contributed by atoms with Gasteiger partial charge in [0, 0.05) is 11.3 Å². The number of carbonyl (C=O) groups is 1. The van der Waals surface area contributed by atoms with Gasteiger partial charge < -0.3 is 20.4 Å². The number of fused-ring (bicyclic) bond motifs is 3. The Morgan fingerprint density at radius 3 is 2.40 bits per heavy atom. The normalized spacial score (nSPS) is 54.2. The summed E-state index contributed by atoms with van der Waals surface area (Å²) in [6, 6.07) is 0. The fourth-order valence-corrected chi connectivity index (χ4v) is 7.35. The Morgan fingerprint density at radius 2 is 1.76 bits per heavy atom. The molecule has 1 spiro atoms. The smallest absolute Gasteiger partial charge is 0.170 e. The highest BCUT2D eigenvalue weighted by Crippen LogP contribution is 2.70. The van der Waals surface area contributed by atoms with Crippen molar-refractivity contribution in [2.24, 2.45) is 34.0 Å². The third-order valence-electron chi connectivity index (χ3n) is 8.55. The van der Waals surface area contributed by atoms with E-state index in [0.29, 0.717) is 31.3 Å². The number of hydrogen-bond acceptors (Lipinski definition) is 5. The fourth-order valence-electron chi connectivity index (χ4n) is 7.35. The van der Waals surface area contributed by atoms with Gasteiger partial charge in [-0.25, -0.2) is 0 Å². The van der Waals surface area contributed by atoms with Crippen LogP contribution in [-0.2, 0) is 4.79 Å². The Bertz CT molecular complexity index is 628. The first-order valence-electron chi connectivity index (χ1n) is 9.54. The molecule has 4 aliphatic carbocycles. The third-order valence-corrected chi connectivity index (χ3v) is 8.55. The first-order valence-corrected chi connectivity index (χ1v) is 9.54. The number of Topliss-reactive ketones (excluding diaryl/α,β-unsaturated/α-hetero) is 1. The van der Waals surface area contributed by atoms with E-state index in [1.165, 1.54) is 0 Å². The van der Waals surface area contributed by atoms with Crippen molar-refractivity contribution < 1.29 is 25.2 Å². The van der Waals surface area contributed by atoms with Crippen LogP contribution in [0.25, 0.3) is 0 Å². The lowest BCUT2D eigenvalue weighted by molar-refractivity contribution is -0.267. The molecule has 4 fully saturated rings. The Labute approximate surface area is 148 Å². The number of aliphatic hydroxyl groups is 4. The van der Waals surface area contributed by atoms with Gasteiger partial charge >= 0.3 is 0 Å². The SMILES string of the molecule is C=C1C(=O)C23C(CCC1[C@@H]2O)[C@@]1(CO)[C@H](C[C@H]3O)C(C)(C)CC[C@@H]1O. The lowest BCUT2D eigenvalue weighted by Crippen LogP contribution is -2.71. The molecule has 0 heterocycles. The van der Waals surface area contributed by atoms with Crippen LogP contribution < -0.4 is 0 Å². The molecule has 0 aromatic rings. The molecule has 0 amide bonds. The molecule has 5 nitrogen and oxygen atoms in total. The minimum absolute atomic E-state index is 0.0928. The van der Waals surface area contributed by atoms with E-state index in [4.69, 9.17) is 0 Å². The Hall–Kier alpha value is -0.750. The zero-order chi connectivity index (χ0) is 18.4. The number of ketones is 1.